The van der Waals surface area contributed by atoms with Crippen LogP contribution in [0.4, 0.5) is 0 Å². The largest absolute Gasteiger partial charge is 0.115 e. The molecular formula is C13H16S4. The number of thioether (sulfide) groups is 4. The third kappa shape index (κ3) is 1.56. The first-order valence-electron chi connectivity index (χ1n) is 6.31. The van der Waals surface area contributed by atoms with Gasteiger partial charge in [-0.1, -0.05) is 12.2 Å². The van der Waals surface area contributed by atoms with Gasteiger partial charge in [0.05, 0.1) is 0 Å². The van der Waals surface area contributed by atoms with Crippen LogP contribution in [0, 0.1) is 11.8 Å². The topological polar surface area (TPSA) is 0 Å². The Kier molecular flexibility index (Phi) is 2.88. The van der Waals surface area contributed by atoms with Gasteiger partial charge in [-0.2, -0.15) is 0 Å². The first-order valence-corrected chi connectivity index (χ1v) is 9.83. The predicted molar refractivity (Wildman–Crippen MR) is 84.6 cm³/mol. The highest BCUT2D eigenvalue weighted by Gasteiger charge is 2.63. The summed E-state index contributed by atoms with van der Waals surface area (Å²) in [6.07, 6.45) is 6.15. The highest BCUT2D eigenvalue weighted by Crippen LogP contribution is 2.70. The van der Waals surface area contributed by atoms with Gasteiger partial charge in [-0.25, -0.2) is 0 Å². The fraction of sp³-hybridized carbons (Fsp3) is 0.692. The zero-order valence-electron chi connectivity index (χ0n) is 9.96. The van der Waals surface area contributed by atoms with Crippen molar-refractivity contribution in [3.8, 4) is 0 Å². The monoisotopic (exact) mass is 300 g/mol. The van der Waals surface area contributed by atoms with Crippen molar-refractivity contribution in [2.24, 2.45) is 11.8 Å². The van der Waals surface area contributed by atoms with E-state index in [1.807, 2.05) is 0 Å². The maximum atomic E-state index is 2.32. The van der Waals surface area contributed by atoms with Gasteiger partial charge in [0.1, 0.15) is 0 Å². The lowest BCUT2D eigenvalue weighted by atomic mass is 9.98. The number of rotatable bonds is 0. The zero-order chi connectivity index (χ0) is 11.6. The lowest BCUT2D eigenvalue weighted by Crippen LogP contribution is -2.38. The second-order valence-electron chi connectivity index (χ2n) is 5.11. The van der Waals surface area contributed by atoms with Crippen molar-refractivity contribution in [1.29, 1.82) is 0 Å². The van der Waals surface area contributed by atoms with Crippen molar-refractivity contribution in [3.63, 3.8) is 0 Å². The fourth-order valence-corrected chi connectivity index (χ4v) is 11.1. The van der Waals surface area contributed by atoms with Gasteiger partial charge in [0.25, 0.3) is 0 Å². The van der Waals surface area contributed by atoms with Gasteiger partial charge in [0, 0.05) is 29.5 Å². The molecule has 6 atom stereocenters. The molecule has 4 aliphatic rings. The molecule has 4 rings (SSSR count). The van der Waals surface area contributed by atoms with Gasteiger partial charge < -0.3 is 0 Å². The lowest BCUT2D eigenvalue weighted by Gasteiger charge is -2.30. The molecule has 2 aliphatic carbocycles. The number of fused-ring (bicyclic) bond motifs is 8. The van der Waals surface area contributed by atoms with Crippen LogP contribution in [0.5, 0.6) is 0 Å². The molecule has 4 heteroatoms. The highest BCUT2D eigenvalue weighted by atomic mass is 32.2. The molecule has 0 aromatic heterocycles. The van der Waals surface area contributed by atoms with E-state index < -0.39 is 0 Å². The minimum absolute atomic E-state index is 0.932. The van der Waals surface area contributed by atoms with Gasteiger partial charge in [-0.3, -0.25) is 0 Å². The third-order valence-corrected chi connectivity index (χ3v) is 11.4. The Morgan fingerprint density at radius 2 is 1.12 bits per heavy atom. The summed E-state index contributed by atoms with van der Waals surface area (Å²) in [5.41, 5.74) is 0. The normalized spacial score (nSPS) is 55.9. The van der Waals surface area contributed by atoms with E-state index >= 15 is 0 Å². The molecular weight excluding hydrogens is 284 g/mol. The molecule has 4 fully saturated rings. The van der Waals surface area contributed by atoms with Crippen LogP contribution in [-0.4, -0.2) is 21.0 Å². The standard InChI is InChI=1S/C13H16S4/c1-3-8-14-10-6-5-7(11(10)15-8)13-12(6)16-9(4-2)17-13/h3-4,6-7,10-13H,5H2,1-2H3/t6?,7?,10-,11+,12+,13-. The maximum Gasteiger partial charge on any atom is 0.0364 e. The van der Waals surface area contributed by atoms with Crippen molar-refractivity contribution < 1.29 is 0 Å². The first-order chi connectivity index (χ1) is 8.31. The van der Waals surface area contributed by atoms with Crippen molar-refractivity contribution in [2.75, 3.05) is 0 Å². The molecule has 2 unspecified atom stereocenters. The Bertz CT molecular complexity index is 348. The van der Waals surface area contributed by atoms with E-state index in [4.69, 9.17) is 0 Å². The molecule has 0 nitrogen and oxygen atoms in total. The van der Waals surface area contributed by atoms with E-state index in [2.05, 4.69) is 73.0 Å². The van der Waals surface area contributed by atoms with Crippen LogP contribution in [0.3, 0.4) is 0 Å². The SMILES string of the molecule is CC=C1S[C@@H]2C3CC([C@H]4SC(=CC)S[C@@H]34)[C@@H]2S1. The fourth-order valence-electron chi connectivity index (χ4n) is 3.68. The van der Waals surface area contributed by atoms with Crippen LogP contribution in [0.2, 0.25) is 0 Å². The summed E-state index contributed by atoms with van der Waals surface area (Å²) in [7, 11) is 0. The van der Waals surface area contributed by atoms with Crippen LogP contribution in [-0.2, 0) is 0 Å². The minimum atomic E-state index is 0.932. The Labute approximate surface area is 120 Å². The number of allylic oxidation sites excluding steroid dienone is 2. The molecule has 0 aromatic rings. The van der Waals surface area contributed by atoms with Gasteiger partial charge in [0.15, 0.2) is 0 Å². The second-order valence-corrected chi connectivity index (χ2v) is 10.5. The number of hydrogen-bond acceptors (Lipinski definition) is 4. The van der Waals surface area contributed by atoms with E-state index in [1.165, 1.54) is 6.42 Å². The predicted octanol–water partition coefficient (Wildman–Crippen LogP) is 4.79. The summed E-state index contributed by atoms with van der Waals surface area (Å²) in [6, 6.07) is 0. The molecule has 0 radical (unpaired) electrons. The molecule has 2 aliphatic heterocycles. The summed E-state index contributed by atoms with van der Waals surface area (Å²) in [5, 5.41) is 3.73. The van der Waals surface area contributed by atoms with Gasteiger partial charge in [0.2, 0.25) is 0 Å². The highest BCUT2D eigenvalue weighted by molar-refractivity contribution is 8.27. The summed E-state index contributed by atoms with van der Waals surface area (Å²) in [5.74, 6) is 1.97. The van der Waals surface area contributed by atoms with Crippen LogP contribution in [0.15, 0.2) is 20.6 Å². The average molecular weight is 301 g/mol. The van der Waals surface area contributed by atoms with Gasteiger partial charge >= 0.3 is 0 Å². The Morgan fingerprint density at radius 1 is 0.765 bits per heavy atom. The zero-order valence-corrected chi connectivity index (χ0v) is 13.2. The molecule has 92 valence electrons. The lowest BCUT2D eigenvalue weighted by molar-refractivity contribution is 0.536. The summed E-state index contributed by atoms with van der Waals surface area (Å²) >= 11 is 8.74. The molecule has 2 saturated heterocycles. The van der Waals surface area contributed by atoms with E-state index in [1.54, 1.807) is 8.47 Å². The van der Waals surface area contributed by atoms with Crippen molar-refractivity contribution in [1.82, 2.24) is 0 Å². The van der Waals surface area contributed by atoms with Crippen LogP contribution in [0.1, 0.15) is 20.3 Å². The van der Waals surface area contributed by atoms with E-state index in [0.717, 1.165) is 32.8 Å². The molecule has 0 N–H and O–H groups in total. The molecule has 2 bridgehead atoms. The van der Waals surface area contributed by atoms with Crippen molar-refractivity contribution in [3.05, 3.63) is 20.6 Å². The van der Waals surface area contributed by atoms with E-state index in [9.17, 15) is 0 Å². The van der Waals surface area contributed by atoms with Crippen LogP contribution in [0.25, 0.3) is 0 Å². The second kappa shape index (κ2) is 4.19. The quantitative estimate of drug-likeness (QED) is 0.630. The average Bonchev–Trinajstić information content (AvgIpc) is 3.04. The molecule has 0 aromatic carbocycles. The smallest absolute Gasteiger partial charge is 0.0364 e. The summed E-state index contributed by atoms with van der Waals surface area (Å²) < 4.78 is 3.19. The third-order valence-electron chi connectivity index (χ3n) is 4.36. The molecule has 2 saturated carbocycles. The minimum Gasteiger partial charge on any atom is -0.115 e. The Balaban J connectivity index is 1.64. The van der Waals surface area contributed by atoms with E-state index in [0.29, 0.717) is 0 Å². The van der Waals surface area contributed by atoms with Crippen LogP contribution >= 0.6 is 47.0 Å². The first kappa shape index (κ1) is 11.7. The molecule has 0 amide bonds. The van der Waals surface area contributed by atoms with Crippen molar-refractivity contribution in [2.45, 2.75) is 41.3 Å². The van der Waals surface area contributed by atoms with Crippen LogP contribution < -0.4 is 0 Å². The molecule has 17 heavy (non-hydrogen) atoms. The van der Waals surface area contributed by atoms with Gasteiger partial charge in [-0.15, -0.1) is 47.0 Å². The summed E-state index contributed by atoms with van der Waals surface area (Å²) in [4.78, 5) is 0. The molecule has 0 spiro atoms. The number of hydrogen-bond donors (Lipinski definition) is 0. The maximum absolute atomic E-state index is 2.32. The van der Waals surface area contributed by atoms with Crippen molar-refractivity contribution >= 4 is 47.0 Å². The molecule has 2 heterocycles. The summed E-state index contributed by atoms with van der Waals surface area (Å²) in [6.45, 7) is 4.39. The Morgan fingerprint density at radius 3 is 1.41 bits per heavy atom. The van der Waals surface area contributed by atoms with E-state index in [-0.39, 0.29) is 0 Å². The van der Waals surface area contributed by atoms with Gasteiger partial charge in [-0.05, 0) is 32.1 Å². The Hall–Kier alpha value is 0.880.